The fourth-order valence-corrected chi connectivity index (χ4v) is 4.42. The number of nitrogens with one attached hydrogen (secondary N) is 1. The number of carboxylic acids is 1. The van der Waals surface area contributed by atoms with Crippen LogP contribution in [-0.4, -0.2) is 17.0 Å². The molecule has 2 N–H and O–H groups in total. The van der Waals surface area contributed by atoms with E-state index in [1.807, 2.05) is 32.1 Å². The number of amides is 1. The number of aliphatic carboxylic acids is 1. The van der Waals surface area contributed by atoms with Crippen molar-refractivity contribution in [1.82, 2.24) is 0 Å². The SMILES string of the molecule is CCC(C(=O)O)c1ccc(NC(=O)C=C(C)C=CC=C(C)C=CC2=C(C)CCCC2(C)C)cc1. The predicted octanol–water partition coefficient (Wildman–Crippen LogP) is 7.73. The fourth-order valence-electron chi connectivity index (χ4n) is 4.42. The Labute approximate surface area is 204 Å². The standard InChI is InChI=1S/C30H39NO3/c1-7-26(29(33)34)24-14-16-25(17-15-24)31-28(32)20-22(3)11-8-10-21(2)13-18-27-23(4)12-9-19-30(27,5)6/h8,10-11,13-18,20,26H,7,9,12,19H2,1-6H3,(H,31,32)(H,33,34). The average molecular weight is 462 g/mol. The second kappa shape index (κ2) is 12.4. The van der Waals surface area contributed by atoms with Gasteiger partial charge in [-0.05, 0) is 80.7 Å². The van der Waals surface area contributed by atoms with Crippen LogP contribution in [0.1, 0.15) is 78.7 Å². The molecular weight excluding hydrogens is 422 g/mol. The minimum absolute atomic E-state index is 0.220. The van der Waals surface area contributed by atoms with Gasteiger partial charge in [0.25, 0.3) is 0 Å². The molecule has 0 saturated carbocycles. The Morgan fingerprint density at radius 1 is 1.12 bits per heavy atom. The molecule has 0 radical (unpaired) electrons. The smallest absolute Gasteiger partial charge is 0.310 e. The van der Waals surface area contributed by atoms with Gasteiger partial charge in [0.1, 0.15) is 0 Å². The molecule has 182 valence electrons. The van der Waals surface area contributed by atoms with Gasteiger partial charge in [-0.1, -0.05) is 74.4 Å². The van der Waals surface area contributed by atoms with Crippen LogP contribution in [0.3, 0.4) is 0 Å². The summed E-state index contributed by atoms with van der Waals surface area (Å²) in [5.74, 6) is -1.59. The Balaban J connectivity index is 1.96. The second-order valence-corrected chi connectivity index (χ2v) is 9.83. The van der Waals surface area contributed by atoms with Crippen molar-refractivity contribution in [2.75, 3.05) is 5.32 Å². The Bertz CT molecular complexity index is 1030. The number of anilines is 1. The van der Waals surface area contributed by atoms with E-state index in [2.05, 4.69) is 45.2 Å². The van der Waals surface area contributed by atoms with E-state index in [0.717, 1.165) is 16.7 Å². The van der Waals surface area contributed by atoms with Crippen LogP contribution in [-0.2, 0) is 9.59 Å². The summed E-state index contributed by atoms with van der Waals surface area (Å²) in [5, 5.41) is 12.1. The molecule has 0 aliphatic heterocycles. The topological polar surface area (TPSA) is 66.4 Å². The molecule has 1 unspecified atom stereocenters. The quantitative estimate of drug-likeness (QED) is 0.292. The van der Waals surface area contributed by atoms with Crippen molar-refractivity contribution in [2.24, 2.45) is 5.41 Å². The highest BCUT2D eigenvalue weighted by Gasteiger charge is 2.26. The molecule has 0 fully saturated rings. The maximum absolute atomic E-state index is 12.3. The van der Waals surface area contributed by atoms with Crippen molar-refractivity contribution in [3.05, 3.63) is 88.6 Å². The number of benzene rings is 1. The Morgan fingerprint density at radius 2 is 1.79 bits per heavy atom. The van der Waals surface area contributed by atoms with E-state index in [1.54, 1.807) is 30.3 Å². The van der Waals surface area contributed by atoms with Crippen molar-refractivity contribution in [2.45, 2.75) is 73.1 Å². The van der Waals surface area contributed by atoms with Crippen LogP contribution in [0.15, 0.2) is 83.0 Å². The van der Waals surface area contributed by atoms with Crippen LogP contribution in [0.2, 0.25) is 0 Å². The lowest BCUT2D eigenvalue weighted by atomic mass is 9.72. The highest BCUT2D eigenvalue weighted by Crippen LogP contribution is 2.40. The molecule has 4 nitrogen and oxygen atoms in total. The molecule has 0 heterocycles. The van der Waals surface area contributed by atoms with E-state index >= 15 is 0 Å². The van der Waals surface area contributed by atoms with Crippen LogP contribution < -0.4 is 5.32 Å². The third kappa shape index (κ3) is 8.02. The summed E-state index contributed by atoms with van der Waals surface area (Å²) < 4.78 is 0. The summed E-state index contributed by atoms with van der Waals surface area (Å²) >= 11 is 0. The molecule has 0 saturated heterocycles. The number of hydrogen-bond donors (Lipinski definition) is 2. The van der Waals surface area contributed by atoms with Gasteiger partial charge < -0.3 is 10.4 Å². The van der Waals surface area contributed by atoms with E-state index in [1.165, 1.54) is 30.4 Å². The minimum Gasteiger partial charge on any atom is -0.481 e. The molecule has 2 rings (SSSR count). The van der Waals surface area contributed by atoms with Crippen molar-refractivity contribution in [3.63, 3.8) is 0 Å². The summed E-state index contributed by atoms with van der Waals surface area (Å²) in [6, 6.07) is 6.98. The van der Waals surface area contributed by atoms with E-state index in [-0.39, 0.29) is 11.3 Å². The van der Waals surface area contributed by atoms with Crippen molar-refractivity contribution >= 4 is 17.6 Å². The Kier molecular flexibility index (Phi) is 9.85. The van der Waals surface area contributed by atoms with Gasteiger partial charge >= 0.3 is 5.97 Å². The predicted molar refractivity (Wildman–Crippen MR) is 142 cm³/mol. The van der Waals surface area contributed by atoms with Crippen LogP contribution in [0.4, 0.5) is 5.69 Å². The first kappa shape index (κ1) is 27.1. The van der Waals surface area contributed by atoms with Gasteiger partial charge in [-0.3, -0.25) is 9.59 Å². The zero-order valence-corrected chi connectivity index (χ0v) is 21.4. The average Bonchev–Trinajstić information content (AvgIpc) is 2.74. The van der Waals surface area contributed by atoms with Crippen LogP contribution in [0.25, 0.3) is 0 Å². The molecule has 34 heavy (non-hydrogen) atoms. The lowest BCUT2D eigenvalue weighted by Gasteiger charge is -2.32. The largest absolute Gasteiger partial charge is 0.481 e. The lowest BCUT2D eigenvalue weighted by Crippen LogP contribution is -2.19. The number of carboxylic acid groups (broad SMARTS) is 1. The molecule has 4 heteroatoms. The van der Waals surface area contributed by atoms with Crippen LogP contribution >= 0.6 is 0 Å². The molecule has 1 aromatic rings. The lowest BCUT2D eigenvalue weighted by molar-refractivity contribution is -0.138. The fraction of sp³-hybridized carbons (Fsp3) is 0.400. The molecule has 0 spiro atoms. The number of rotatable bonds is 9. The first-order chi connectivity index (χ1) is 16.0. The van der Waals surface area contributed by atoms with Gasteiger partial charge in [0.05, 0.1) is 5.92 Å². The number of allylic oxidation sites excluding steroid dienone is 9. The molecule has 1 aromatic carbocycles. The number of carbonyl (C=O) groups excluding carboxylic acids is 1. The van der Waals surface area contributed by atoms with Gasteiger partial charge in [0.15, 0.2) is 0 Å². The van der Waals surface area contributed by atoms with Gasteiger partial charge in [0, 0.05) is 11.8 Å². The maximum Gasteiger partial charge on any atom is 0.310 e. The molecular formula is C30H39NO3. The molecule has 1 aliphatic rings. The molecule has 1 aliphatic carbocycles. The monoisotopic (exact) mass is 461 g/mol. The third-order valence-electron chi connectivity index (χ3n) is 6.42. The summed E-state index contributed by atoms with van der Waals surface area (Å²) in [7, 11) is 0. The van der Waals surface area contributed by atoms with Crippen molar-refractivity contribution in [1.29, 1.82) is 0 Å². The van der Waals surface area contributed by atoms with Crippen molar-refractivity contribution < 1.29 is 14.7 Å². The van der Waals surface area contributed by atoms with E-state index in [4.69, 9.17) is 0 Å². The van der Waals surface area contributed by atoms with E-state index in [0.29, 0.717) is 12.1 Å². The zero-order valence-electron chi connectivity index (χ0n) is 21.4. The summed E-state index contributed by atoms with van der Waals surface area (Å²) in [6.07, 6.45) is 16.1. The van der Waals surface area contributed by atoms with Crippen molar-refractivity contribution in [3.8, 4) is 0 Å². The summed E-state index contributed by atoms with van der Waals surface area (Å²) in [4.78, 5) is 23.6. The first-order valence-corrected chi connectivity index (χ1v) is 12.1. The highest BCUT2D eigenvalue weighted by molar-refractivity contribution is 6.00. The van der Waals surface area contributed by atoms with E-state index in [9.17, 15) is 14.7 Å². The highest BCUT2D eigenvalue weighted by atomic mass is 16.4. The molecule has 0 bridgehead atoms. The normalized spacial score (nSPS) is 17.9. The van der Waals surface area contributed by atoms with Gasteiger partial charge in [0.2, 0.25) is 5.91 Å². The van der Waals surface area contributed by atoms with Gasteiger partial charge in [-0.2, -0.15) is 0 Å². The minimum atomic E-state index is -0.838. The maximum atomic E-state index is 12.3. The number of carbonyl (C=O) groups is 2. The Morgan fingerprint density at radius 3 is 2.38 bits per heavy atom. The van der Waals surface area contributed by atoms with Crippen LogP contribution in [0.5, 0.6) is 0 Å². The van der Waals surface area contributed by atoms with Gasteiger partial charge in [-0.15, -0.1) is 0 Å². The van der Waals surface area contributed by atoms with Crippen LogP contribution in [0, 0.1) is 5.41 Å². The summed E-state index contributed by atoms with van der Waals surface area (Å²) in [5.41, 5.74) is 6.53. The summed E-state index contributed by atoms with van der Waals surface area (Å²) in [6.45, 7) is 12.7. The Hall–Kier alpha value is -3.14. The molecule has 1 amide bonds. The van der Waals surface area contributed by atoms with Gasteiger partial charge in [-0.25, -0.2) is 0 Å². The molecule has 0 aromatic heterocycles. The third-order valence-corrected chi connectivity index (χ3v) is 6.42. The molecule has 1 atom stereocenters. The second-order valence-electron chi connectivity index (χ2n) is 9.83. The first-order valence-electron chi connectivity index (χ1n) is 12.1. The zero-order chi connectivity index (χ0) is 25.3. The number of hydrogen-bond acceptors (Lipinski definition) is 2. The van der Waals surface area contributed by atoms with E-state index < -0.39 is 11.9 Å².